The number of fused-ring (bicyclic) bond motifs is 1. The summed E-state index contributed by atoms with van der Waals surface area (Å²) in [5, 5.41) is 14.9. The lowest BCUT2D eigenvalue weighted by molar-refractivity contribution is 0.244. The van der Waals surface area contributed by atoms with Crippen molar-refractivity contribution in [2.24, 2.45) is 0 Å². The van der Waals surface area contributed by atoms with Crippen LogP contribution in [-0.4, -0.2) is 39.3 Å². The van der Waals surface area contributed by atoms with Gasteiger partial charge >= 0.3 is 0 Å². The van der Waals surface area contributed by atoms with E-state index in [1.807, 2.05) is 11.6 Å². The smallest absolute Gasteiger partial charge is 0.160 e. The van der Waals surface area contributed by atoms with Gasteiger partial charge in [-0.3, -0.25) is 4.90 Å². The van der Waals surface area contributed by atoms with E-state index in [1.165, 1.54) is 5.56 Å². The molecule has 158 valence electrons. The molecule has 1 saturated heterocycles. The molecule has 0 radical (unpaired) electrons. The molecule has 1 aromatic carbocycles. The average molecular weight is 413 g/mol. The fourth-order valence-corrected chi connectivity index (χ4v) is 4.93. The minimum atomic E-state index is 0.765. The highest BCUT2D eigenvalue weighted by atomic mass is 15.3. The molecule has 6 heteroatoms. The number of anilines is 1. The van der Waals surface area contributed by atoms with E-state index in [0.717, 1.165) is 91.7 Å². The third-order valence-electron chi connectivity index (χ3n) is 6.41. The molecule has 0 amide bonds. The van der Waals surface area contributed by atoms with Gasteiger partial charge in [0.25, 0.3) is 0 Å². The van der Waals surface area contributed by atoms with Gasteiger partial charge in [-0.05, 0) is 50.3 Å². The Hall–Kier alpha value is -3.17. The number of nitrogens with zero attached hydrogens (tertiary/aromatic N) is 6. The monoisotopic (exact) mass is 412 g/mol. The third kappa shape index (κ3) is 3.70. The maximum atomic E-state index is 10.1. The van der Waals surface area contributed by atoms with Crippen LogP contribution in [0.25, 0.3) is 5.82 Å². The fraction of sp³-hybridized carbons (Fsp3) is 0.400. The van der Waals surface area contributed by atoms with Gasteiger partial charge in [-0.1, -0.05) is 30.3 Å². The van der Waals surface area contributed by atoms with E-state index in [0.29, 0.717) is 0 Å². The molecule has 0 aliphatic carbocycles. The molecule has 3 aromatic rings. The average Bonchev–Trinajstić information content (AvgIpc) is 3.43. The topological polar surface area (TPSA) is 61.0 Å². The lowest BCUT2D eigenvalue weighted by atomic mass is 9.95. The first-order chi connectivity index (χ1) is 15.1. The van der Waals surface area contributed by atoms with Crippen LogP contribution in [0.1, 0.15) is 46.5 Å². The summed E-state index contributed by atoms with van der Waals surface area (Å²) < 4.78 is 1.97. The van der Waals surface area contributed by atoms with Gasteiger partial charge in [0.1, 0.15) is 11.9 Å². The summed E-state index contributed by atoms with van der Waals surface area (Å²) in [6, 6.07) is 15.2. The van der Waals surface area contributed by atoms with Crippen LogP contribution in [-0.2, 0) is 19.5 Å². The van der Waals surface area contributed by atoms with Crippen LogP contribution in [0.4, 0.5) is 5.82 Å². The molecule has 4 heterocycles. The van der Waals surface area contributed by atoms with Crippen molar-refractivity contribution in [3.63, 3.8) is 0 Å². The lowest BCUT2D eigenvalue weighted by Crippen LogP contribution is -2.33. The largest absolute Gasteiger partial charge is 0.355 e. The predicted molar refractivity (Wildman–Crippen MR) is 121 cm³/mol. The van der Waals surface area contributed by atoms with Gasteiger partial charge in [-0.25, -0.2) is 9.67 Å². The van der Waals surface area contributed by atoms with Crippen LogP contribution in [0.15, 0.2) is 36.4 Å². The summed E-state index contributed by atoms with van der Waals surface area (Å²) in [6.07, 6.45) is 3.17. The number of hydrogen-bond donors (Lipinski definition) is 0. The zero-order chi connectivity index (χ0) is 21.4. The van der Waals surface area contributed by atoms with Crippen molar-refractivity contribution >= 4 is 5.82 Å². The molecule has 0 unspecified atom stereocenters. The molecule has 6 nitrogen and oxygen atoms in total. The molecule has 1 fully saturated rings. The van der Waals surface area contributed by atoms with Crippen molar-refractivity contribution in [1.82, 2.24) is 19.7 Å². The molecule has 2 aliphatic heterocycles. The summed E-state index contributed by atoms with van der Waals surface area (Å²) in [5.41, 5.74) is 6.43. The second-order valence-electron chi connectivity index (χ2n) is 8.68. The molecule has 0 bridgehead atoms. The van der Waals surface area contributed by atoms with E-state index in [2.05, 4.69) is 59.2 Å². The quantitative estimate of drug-likeness (QED) is 0.650. The first-order valence-corrected chi connectivity index (χ1v) is 11.1. The molecular weight excluding hydrogens is 384 g/mol. The predicted octanol–water partition coefficient (Wildman–Crippen LogP) is 3.91. The van der Waals surface area contributed by atoms with Crippen LogP contribution in [0.2, 0.25) is 0 Å². The number of pyridine rings is 1. The van der Waals surface area contributed by atoms with Crippen molar-refractivity contribution in [2.45, 2.75) is 46.2 Å². The van der Waals surface area contributed by atoms with Crippen molar-refractivity contribution in [3.05, 3.63) is 70.0 Å². The Balaban J connectivity index is 1.61. The van der Waals surface area contributed by atoms with Crippen molar-refractivity contribution in [1.29, 1.82) is 5.26 Å². The van der Waals surface area contributed by atoms with Crippen LogP contribution < -0.4 is 4.90 Å². The number of hydrogen-bond acceptors (Lipinski definition) is 5. The molecule has 2 aliphatic rings. The molecule has 2 aromatic heterocycles. The van der Waals surface area contributed by atoms with Crippen molar-refractivity contribution < 1.29 is 0 Å². The van der Waals surface area contributed by atoms with Crippen LogP contribution in [0.3, 0.4) is 0 Å². The number of nitriles is 1. The van der Waals surface area contributed by atoms with Gasteiger partial charge in [0.15, 0.2) is 5.82 Å². The maximum Gasteiger partial charge on any atom is 0.160 e. The Morgan fingerprint density at radius 3 is 2.45 bits per heavy atom. The van der Waals surface area contributed by atoms with Gasteiger partial charge in [0.05, 0.1) is 11.3 Å². The zero-order valence-corrected chi connectivity index (χ0v) is 18.3. The first-order valence-electron chi connectivity index (χ1n) is 11.1. The van der Waals surface area contributed by atoms with E-state index in [4.69, 9.17) is 10.1 Å². The van der Waals surface area contributed by atoms with E-state index in [-0.39, 0.29) is 0 Å². The SMILES string of the molecule is Cc1cc(C)n(-c2nc(N3CCCC3)c(C#N)c3c2CN(Cc2ccccc2)CC3)n1. The van der Waals surface area contributed by atoms with Gasteiger partial charge in [-0.15, -0.1) is 0 Å². The van der Waals surface area contributed by atoms with Gasteiger partial charge in [-0.2, -0.15) is 10.4 Å². The van der Waals surface area contributed by atoms with Crippen LogP contribution in [0.5, 0.6) is 0 Å². The third-order valence-corrected chi connectivity index (χ3v) is 6.41. The molecule has 0 saturated carbocycles. The second kappa shape index (κ2) is 8.16. The number of rotatable bonds is 4. The highest BCUT2D eigenvalue weighted by Gasteiger charge is 2.29. The van der Waals surface area contributed by atoms with E-state index >= 15 is 0 Å². The number of benzene rings is 1. The molecule has 31 heavy (non-hydrogen) atoms. The van der Waals surface area contributed by atoms with E-state index in [9.17, 15) is 5.26 Å². The molecule has 0 atom stereocenters. The van der Waals surface area contributed by atoms with Gasteiger partial charge in [0.2, 0.25) is 0 Å². The summed E-state index contributed by atoms with van der Waals surface area (Å²) >= 11 is 0. The normalized spacial score (nSPS) is 16.4. The summed E-state index contributed by atoms with van der Waals surface area (Å²) in [6.45, 7) is 8.65. The van der Waals surface area contributed by atoms with Gasteiger partial charge in [0, 0.05) is 44.0 Å². The Morgan fingerprint density at radius 2 is 1.77 bits per heavy atom. The Bertz CT molecular complexity index is 1140. The first kappa shape index (κ1) is 19.8. The Morgan fingerprint density at radius 1 is 1.00 bits per heavy atom. The molecule has 5 rings (SSSR count). The molecule has 0 spiro atoms. The van der Waals surface area contributed by atoms with Crippen LogP contribution >= 0.6 is 0 Å². The van der Waals surface area contributed by atoms with Crippen molar-refractivity contribution in [3.8, 4) is 11.9 Å². The van der Waals surface area contributed by atoms with Crippen molar-refractivity contribution in [2.75, 3.05) is 24.5 Å². The highest BCUT2D eigenvalue weighted by Crippen LogP contribution is 2.34. The minimum Gasteiger partial charge on any atom is -0.355 e. The number of aryl methyl sites for hydroxylation is 2. The van der Waals surface area contributed by atoms with E-state index in [1.54, 1.807) is 0 Å². The summed E-state index contributed by atoms with van der Waals surface area (Å²) in [7, 11) is 0. The summed E-state index contributed by atoms with van der Waals surface area (Å²) in [5.74, 6) is 1.73. The highest BCUT2D eigenvalue weighted by molar-refractivity contribution is 5.64. The maximum absolute atomic E-state index is 10.1. The Kier molecular flexibility index (Phi) is 5.21. The fourth-order valence-electron chi connectivity index (χ4n) is 4.93. The standard InChI is InChI=1S/C25H28N6/c1-18-14-19(2)31(28-18)25-23-17-29(16-20-8-4-3-5-9-20)13-10-21(23)22(15-26)24(27-25)30-11-6-7-12-30/h3-5,8-9,14H,6-7,10-13,16-17H2,1-2H3. The zero-order valence-electron chi connectivity index (χ0n) is 18.3. The lowest BCUT2D eigenvalue weighted by Gasteiger charge is -2.32. The minimum absolute atomic E-state index is 0.765. The Labute approximate surface area is 183 Å². The number of aromatic nitrogens is 3. The van der Waals surface area contributed by atoms with E-state index < -0.39 is 0 Å². The van der Waals surface area contributed by atoms with Gasteiger partial charge < -0.3 is 4.90 Å². The summed E-state index contributed by atoms with van der Waals surface area (Å²) in [4.78, 5) is 9.83. The molecular formula is C25H28N6. The second-order valence-corrected chi connectivity index (χ2v) is 8.68. The van der Waals surface area contributed by atoms with Crippen LogP contribution in [0, 0.1) is 25.2 Å². The molecule has 0 N–H and O–H groups in total.